The van der Waals surface area contributed by atoms with E-state index in [1.807, 2.05) is 30.3 Å². The zero-order chi connectivity index (χ0) is 15.6. The van der Waals surface area contributed by atoms with Gasteiger partial charge in [0.05, 0.1) is 23.3 Å². The maximum Gasteiger partial charge on any atom is 0.275 e. The molecule has 1 amide bonds. The van der Waals surface area contributed by atoms with E-state index in [2.05, 4.69) is 8.75 Å². The molecule has 1 aliphatic rings. The molecule has 22 heavy (non-hydrogen) atoms. The van der Waals surface area contributed by atoms with Crippen molar-refractivity contribution in [2.24, 2.45) is 0 Å². The lowest BCUT2D eigenvalue weighted by Crippen LogP contribution is -2.48. The molecule has 0 atom stereocenters. The number of hydrogen-bond donors (Lipinski definition) is 0. The minimum absolute atomic E-state index is 0.0982. The number of piperidine rings is 1. The molecule has 0 saturated carbocycles. The van der Waals surface area contributed by atoms with Crippen molar-refractivity contribution in [1.29, 1.82) is 0 Å². The number of likely N-dealkylation sites (tertiary alicyclic amines) is 1. The molecule has 1 aliphatic heterocycles. The van der Waals surface area contributed by atoms with Crippen LogP contribution in [-0.4, -0.2) is 38.4 Å². The van der Waals surface area contributed by atoms with E-state index < -0.39 is 5.41 Å². The Balaban J connectivity index is 1.79. The summed E-state index contributed by atoms with van der Waals surface area (Å²) in [6.45, 7) is 2.77. The third-order valence-electron chi connectivity index (χ3n) is 4.48. The summed E-state index contributed by atoms with van der Waals surface area (Å²) in [5, 5.41) is 0. The molecule has 114 valence electrons. The quantitative estimate of drug-likeness (QED) is 0.872. The first-order valence-electron chi connectivity index (χ1n) is 7.27. The Morgan fingerprint density at radius 1 is 1.18 bits per heavy atom. The van der Waals surface area contributed by atoms with Crippen LogP contribution in [0.4, 0.5) is 0 Å². The van der Waals surface area contributed by atoms with Gasteiger partial charge in [-0.05, 0) is 25.3 Å². The second-order valence-corrected chi connectivity index (χ2v) is 6.15. The first-order valence-corrected chi connectivity index (χ1v) is 8.00. The van der Waals surface area contributed by atoms with Crippen molar-refractivity contribution < 1.29 is 9.59 Å². The van der Waals surface area contributed by atoms with Crippen LogP contribution in [-0.2, 0) is 10.2 Å². The van der Waals surface area contributed by atoms with Crippen LogP contribution in [0.5, 0.6) is 0 Å². The van der Waals surface area contributed by atoms with Crippen molar-refractivity contribution in [3.05, 3.63) is 47.8 Å². The highest BCUT2D eigenvalue weighted by Crippen LogP contribution is 2.36. The second-order valence-electron chi connectivity index (χ2n) is 5.59. The van der Waals surface area contributed by atoms with E-state index in [0.29, 0.717) is 31.6 Å². The molecule has 0 N–H and O–H groups in total. The molecule has 2 heterocycles. The highest BCUT2D eigenvalue weighted by Gasteiger charge is 2.41. The molecule has 1 saturated heterocycles. The molecule has 0 unspecified atom stereocenters. The molecule has 1 aromatic carbocycles. The first kappa shape index (κ1) is 14.8. The van der Waals surface area contributed by atoms with Gasteiger partial charge in [-0.3, -0.25) is 9.59 Å². The average Bonchev–Trinajstić information content (AvgIpc) is 3.09. The molecule has 0 aliphatic carbocycles. The number of amides is 1. The summed E-state index contributed by atoms with van der Waals surface area (Å²) in [7, 11) is 0. The number of aromatic nitrogens is 2. The molecular formula is C16H17N3O2S. The van der Waals surface area contributed by atoms with Crippen LogP contribution in [0, 0.1) is 0 Å². The summed E-state index contributed by atoms with van der Waals surface area (Å²) in [4.78, 5) is 26.4. The maximum atomic E-state index is 12.3. The van der Waals surface area contributed by atoms with Crippen LogP contribution in [0.2, 0.25) is 0 Å². The Morgan fingerprint density at radius 3 is 2.41 bits per heavy atom. The molecule has 1 aromatic heterocycles. The first-order chi connectivity index (χ1) is 10.6. The van der Waals surface area contributed by atoms with Crippen molar-refractivity contribution >= 4 is 23.4 Å². The van der Waals surface area contributed by atoms with Crippen molar-refractivity contribution in [3.63, 3.8) is 0 Å². The van der Waals surface area contributed by atoms with Crippen molar-refractivity contribution in [3.8, 4) is 0 Å². The number of rotatable bonds is 3. The van der Waals surface area contributed by atoms with Gasteiger partial charge in [0.1, 0.15) is 5.78 Å². The lowest BCUT2D eigenvalue weighted by Gasteiger charge is -2.40. The Labute approximate surface area is 133 Å². The summed E-state index contributed by atoms with van der Waals surface area (Å²) in [6.07, 6.45) is 2.79. The van der Waals surface area contributed by atoms with Gasteiger partial charge in [-0.1, -0.05) is 30.3 Å². The van der Waals surface area contributed by atoms with Gasteiger partial charge in [0, 0.05) is 13.1 Å². The van der Waals surface area contributed by atoms with Crippen LogP contribution in [0.25, 0.3) is 0 Å². The predicted molar refractivity (Wildman–Crippen MR) is 83.8 cm³/mol. The lowest BCUT2D eigenvalue weighted by atomic mass is 9.70. The largest absolute Gasteiger partial charge is 0.337 e. The van der Waals surface area contributed by atoms with E-state index in [-0.39, 0.29) is 11.7 Å². The van der Waals surface area contributed by atoms with Gasteiger partial charge < -0.3 is 4.90 Å². The molecule has 3 rings (SSSR count). The smallest absolute Gasteiger partial charge is 0.275 e. The third kappa shape index (κ3) is 2.54. The number of benzene rings is 1. The Hall–Kier alpha value is -2.08. The van der Waals surface area contributed by atoms with Gasteiger partial charge in [0.15, 0.2) is 5.69 Å². The summed E-state index contributed by atoms with van der Waals surface area (Å²) in [5.41, 5.74) is 0.961. The van der Waals surface area contributed by atoms with E-state index in [0.717, 1.165) is 17.3 Å². The normalized spacial score (nSPS) is 17.2. The van der Waals surface area contributed by atoms with Crippen LogP contribution >= 0.6 is 11.7 Å². The molecule has 1 fully saturated rings. The molecule has 0 radical (unpaired) electrons. The highest BCUT2D eigenvalue weighted by atomic mass is 32.1. The number of carbonyl (C=O) groups excluding carboxylic acids is 2. The Morgan fingerprint density at radius 2 is 1.86 bits per heavy atom. The third-order valence-corrected chi connectivity index (χ3v) is 4.96. The van der Waals surface area contributed by atoms with Crippen LogP contribution < -0.4 is 0 Å². The molecule has 6 heteroatoms. The minimum atomic E-state index is -0.474. The minimum Gasteiger partial charge on any atom is -0.337 e. The molecule has 5 nitrogen and oxygen atoms in total. The van der Waals surface area contributed by atoms with Crippen LogP contribution in [0.15, 0.2) is 36.5 Å². The second kappa shape index (κ2) is 5.96. The summed E-state index contributed by atoms with van der Waals surface area (Å²) < 4.78 is 7.86. The van der Waals surface area contributed by atoms with E-state index in [1.165, 1.54) is 6.20 Å². The topological polar surface area (TPSA) is 63.2 Å². The zero-order valence-corrected chi connectivity index (χ0v) is 13.2. The number of Topliss-reactive ketones (excluding diaryl/α,β-unsaturated/α-hetero) is 1. The van der Waals surface area contributed by atoms with Crippen LogP contribution in [0.1, 0.15) is 35.8 Å². The summed E-state index contributed by atoms with van der Waals surface area (Å²) in [6, 6.07) is 9.87. The highest BCUT2D eigenvalue weighted by molar-refractivity contribution is 6.99. The van der Waals surface area contributed by atoms with Gasteiger partial charge in [-0.15, -0.1) is 0 Å². The fourth-order valence-corrected chi connectivity index (χ4v) is 3.52. The monoisotopic (exact) mass is 315 g/mol. The van der Waals surface area contributed by atoms with Crippen molar-refractivity contribution in [2.45, 2.75) is 25.2 Å². The van der Waals surface area contributed by atoms with Gasteiger partial charge in [-0.25, -0.2) is 0 Å². The standard InChI is InChI=1S/C16H17N3O2S/c1-12(20)16(13-5-3-2-4-6-13)7-9-19(10-8-16)15(21)14-11-17-22-18-14/h2-6,11H,7-10H2,1H3. The van der Waals surface area contributed by atoms with Gasteiger partial charge in [-0.2, -0.15) is 8.75 Å². The molecule has 2 aromatic rings. The van der Waals surface area contributed by atoms with E-state index >= 15 is 0 Å². The molecular weight excluding hydrogens is 298 g/mol. The fourth-order valence-electron chi connectivity index (χ4n) is 3.11. The van der Waals surface area contributed by atoms with Gasteiger partial charge in [0.25, 0.3) is 5.91 Å². The predicted octanol–water partition coefficient (Wildman–Crippen LogP) is 2.30. The van der Waals surface area contributed by atoms with E-state index in [1.54, 1.807) is 11.8 Å². The fraction of sp³-hybridized carbons (Fsp3) is 0.375. The van der Waals surface area contributed by atoms with Gasteiger partial charge in [0.2, 0.25) is 0 Å². The lowest BCUT2D eigenvalue weighted by molar-refractivity contribution is -0.124. The Kier molecular flexibility index (Phi) is 4.02. The SMILES string of the molecule is CC(=O)C1(c2ccccc2)CCN(C(=O)c2cnsn2)CC1. The maximum absolute atomic E-state index is 12.3. The summed E-state index contributed by atoms with van der Waals surface area (Å²) in [5.74, 6) is 0.0695. The Bertz CT molecular complexity index is 662. The van der Waals surface area contributed by atoms with Crippen LogP contribution in [0.3, 0.4) is 0 Å². The van der Waals surface area contributed by atoms with Crippen molar-refractivity contribution in [1.82, 2.24) is 13.6 Å². The number of carbonyl (C=O) groups is 2. The average molecular weight is 315 g/mol. The van der Waals surface area contributed by atoms with Crippen molar-refractivity contribution in [2.75, 3.05) is 13.1 Å². The molecule has 0 spiro atoms. The zero-order valence-electron chi connectivity index (χ0n) is 12.4. The van der Waals surface area contributed by atoms with E-state index in [4.69, 9.17) is 0 Å². The van der Waals surface area contributed by atoms with E-state index in [9.17, 15) is 9.59 Å². The summed E-state index contributed by atoms with van der Waals surface area (Å²) >= 11 is 1.03. The van der Waals surface area contributed by atoms with Gasteiger partial charge >= 0.3 is 0 Å². The molecule has 0 bridgehead atoms. The number of nitrogens with zero attached hydrogens (tertiary/aromatic N) is 3. The number of hydrogen-bond acceptors (Lipinski definition) is 5. The number of ketones is 1.